The zero-order valence-electron chi connectivity index (χ0n) is 8.75. The molecule has 0 aliphatic heterocycles. The summed E-state index contributed by atoms with van der Waals surface area (Å²) in [6, 6.07) is 6.28. The second-order valence-electron chi connectivity index (χ2n) is 3.61. The van der Waals surface area contributed by atoms with Crippen molar-refractivity contribution in [1.29, 1.82) is 0 Å². The molecule has 2 nitrogen and oxygen atoms in total. The van der Waals surface area contributed by atoms with E-state index < -0.39 is 0 Å². The van der Waals surface area contributed by atoms with Gasteiger partial charge in [0.25, 0.3) is 0 Å². The Labute approximate surface area is 80.6 Å². The standard InChI is InChI=1S/C11H18N2/c1-4-6-10-7-5-8-11(12-10)9-13(2)3/h5,7-8H,4,6,9H2,1-3H3. The third-order valence-electron chi connectivity index (χ3n) is 1.85. The van der Waals surface area contributed by atoms with Crippen LogP contribution in [0, 0.1) is 0 Å². The van der Waals surface area contributed by atoms with Crippen LogP contribution in [-0.4, -0.2) is 24.0 Å². The SMILES string of the molecule is CCCc1cccc(CN(C)C)n1. The Morgan fingerprint density at radius 2 is 1.92 bits per heavy atom. The summed E-state index contributed by atoms with van der Waals surface area (Å²) in [7, 11) is 4.13. The molecule has 0 aromatic carbocycles. The van der Waals surface area contributed by atoms with Crippen molar-refractivity contribution in [2.45, 2.75) is 26.3 Å². The zero-order chi connectivity index (χ0) is 9.68. The number of aromatic nitrogens is 1. The summed E-state index contributed by atoms with van der Waals surface area (Å²) in [6.07, 6.45) is 2.25. The molecule has 0 fully saturated rings. The number of hydrogen-bond donors (Lipinski definition) is 0. The molecule has 0 aliphatic carbocycles. The molecule has 0 atom stereocenters. The smallest absolute Gasteiger partial charge is 0.0547 e. The zero-order valence-corrected chi connectivity index (χ0v) is 8.75. The summed E-state index contributed by atoms with van der Waals surface area (Å²) in [5.41, 5.74) is 2.37. The second-order valence-corrected chi connectivity index (χ2v) is 3.61. The Morgan fingerprint density at radius 1 is 1.23 bits per heavy atom. The van der Waals surface area contributed by atoms with Gasteiger partial charge in [-0.1, -0.05) is 19.4 Å². The number of nitrogens with zero attached hydrogens (tertiary/aromatic N) is 2. The molecule has 72 valence electrons. The van der Waals surface area contributed by atoms with Gasteiger partial charge in [-0.05, 0) is 32.6 Å². The quantitative estimate of drug-likeness (QED) is 0.702. The molecule has 13 heavy (non-hydrogen) atoms. The van der Waals surface area contributed by atoms with Gasteiger partial charge in [-0.2, -0.15) is 0 Å². The van der Waals surface area contributed by atoms with E-state index >= 15 is 0 Å². The van der Waals surface area contributed by atoms with Crippen molar-refractivity contribution >= 4 is 0 Å². The van der Waals surface area contributed by atoms with E-state index in [0.29, 0.717) is 0 Å². The topological polar surface area (TPSA) is 16.1 Å². The highest BCUT2D eigenvalue weighted by atomic mass is 15.1. The molecule has 1 rings (SSSR count). The van der Waals surface area contributed by atoms with E-state index in [2.05, 4.69) is 49.1 Å². The molecule has 1 aromatic rings. The van der Waals surface area contributed by atoms with Gasteiger partial charge in [-0.3, -0.25) is 4.98 Å². The molecule has 1 heterocycles. The minimum absolute atomic E-state index is 0.928. The Hall–Kier alpha value is -0.890. The van der Waals surface area contributed by atoms with Gasteiger partial charge in [-0.15, -0.1) is 0 Å². The maximum Gasteiger partial charge on any atom is 0.0547 e. The first-order chi connectivity index (χ1) is 6.22. The maximum atomic E-state index is 4.56. The van der Waals surface area contributed by atoms with Crippen molar-refractivity contribution < 1.29 is 0 Å². The molecule has 0 unspecified atom stereocenters. The van der Waals surface area contributed by atoms with Crippen LogP contribution in [0.15, 0.2) is 18.2 Å². The molecule has 0 bridgehead atoms. The van der Waals surface area contributed by atoms with E-state index in [4.69, 9.17) is 0 Å². The van der Waals surface area contributed by atoms with E-state index in [-0.39, 0.29) is 0 Å². The summed E-state index contributed by atoms with van der Waals surface area (Å²) in [5, 5.41) is 0. The fourth-order valence-corrected chi connectivity index (χ4v) is 1.34. The van der Waals surface area contributed by atoms with Gasteiger partial charge in [-0.25, -0.2) is 0 Å². The van der Waals surface area contributed by atoms with Gasteiger partial charge in [0, 0.05) is 12.2 Å². The van der Waals surface area contributed by atoms with Crippen LogP contribution >= 0.6 is 0 Å². The number of pyridine rings is 1. The predicted octanol–water partition coefficient (Wildman–Crippen LogP) is 2.10. The van der Waals surface area contributed by atoms with Gasteiger partial charge >= 0.3 is 0 Å². The lowest BCUT2D eigenvalue weighted by Crippen LogP contribution is -2.12. The van der Waals surface area contributed by atoms with E-state index in [0.717, 1.165) is 18.7 Å². The molecule has 0 spiro atoms. The summed E-state index contributed by atoms with van der Waals surface area (Å²) in [4.78, 5) is 6.70. The van der Waals surface area contributed by atoms with Crippen LogP contribution in [0.4, 0.5) is 0 Å². The fraction of sp³-hybridized carbons (Fsp3) is 0.545. The van der Waals surface area contributed by atoms with Crippen molar-refractivity contribution in [2.75, 3.05) is 14.1 Å². The average molecular weight is 178 g/mol. The third kappa shape index (κ3) is 3.55. The minimum atomic E-state index is 0.928. The van der Waals surface area contributed by atoms with Gasteiger partial charge < -0.3 is 4.90 Å². The normalized spacial score (nSPS) is 10.8. The molecule has 0 aliphatic rings. The highest BCUT2D eigenvalue weighted by Crippen LogP contribution is 2.03. The largest absolute Gasteiger partial charge is 0.304 e. The van der Waals surface area contributed by atoms with Gasteiger partial charge in [0.15, 0.2) is 0 Å². The Balaban J connectivity index is 2.67. The van der Waals surface area contributed by atoms with Crippen LogP contribution in [0.3, 0.4) is 0 Å². The lowest BCUT2D eigenvalue weighted by Gasteiger charge is -2.09. The lowest BCUT2D eigenvalue weighted by atomic mass is 10.2. The highest BCUT2D eigenvalue weighted by Gasteiger charge is 1.98. The Bertz CT molecular complexity index is 256. The monoisotopic (exact) mass is 178 g/mol. The molecule has 2 heteroatoms. The molecular weight excluding hydrogens is 160 g/mol. The molecule has 0 amide bonds. The van der Waals surface area contributed by atoms with Crippen LogP contribution in [0.25, 0.3) is 0 Å². The van der Waals surface area contributed by atoms with Crippen LogP contribution in [0.2, 0.25) is 0 Å². The third-order valence-corrected chi connectivity index (χ3v) is 1.85. The maximum absolute atomic E-state index is 4.56. The van der Waals surface area contributed by atoms with Crippen molar-refractivity contribution in [3.63, 3.8) is 0 Å². The van der Waals surface area contributed by atoms with E-state index in [9.17, 15) is 0 Å². The number of rotatable bonds is 4. The fourth-order valence-electron chi connectivity index (χ4n) is 1.34. The first-order valence-corrected chi connectivity index (χ1v) is 4.82. The van der Waals surface area contributed by atoms with Crippen molar-refractivity contribution in [1.82, 2.24) is 9.88 Å². The highest BCUT2D eigenvalue weighted by molar-refractivity contribution is 5.11. The first-order valence-electron chi connectivity index (χ1n) is 4.82. The molecule has 0 saturated heterocycles. The summed E-state index contributed by atoms with van der Waals surface area (Å²) in [5.74, 6) is 0. The first kappa shape index (κ1) is 10.2. The van der Waals surface area contributed by atoms with Gasteiger partial charge in [0.05, 0.1) is 5.69 Å². The van der Waals surface area contributed by atoms with E-state index in [1.807, 2.05) is 0 Å². The molecule has 0 N–H and O–H groups in total. The summed E-state index contributed by atoms with van der Waals surface area (Å²) < 4.78 is 0. The number of hydrogen-bond acceptors (Lipinski definition) is 2. The number of aryl methyl sites for hydroxylation is 1. The molecule has 0 saturated carbocycles. The molecular formula is C11H18N2. The minimum Gasteiger partial charge on any atom is -0.304 e. The van der Waals surface area contributed by atoms with E-state index in [1.54, 1.807) is 0 Å². The Morgan fingerprint density at radius 3 is 2.54 bits per heavy atom. The summed E-state index contributed by atoms with van der Waals surface area (Å²) >= 11 is 0. The van der Waals surface area contributed by atoms with Gasteiger partial charge in [0.1, 0.15) is 0 Å². The average Bonchev–Trinajstić information content (AvgIpc) is 2.04. The van der Waals surface area contributed by atoms with Crippen LogP contribution in [-0.2, 0) is 13.0 Å². The van der Waals surface area contributed by atoms with Crippen molar-refractivity contribution in [2.24, 2.45) is 0 Å². The Kier molecular flexibility index (Phi) is 3.90. The molecule has 1 aromatic heterocycles. The van der Waals surface area contributed by atoms with Crippen molar-refractivity contribution in [3.05, 3.63) is 29.6 Å². The van der Waals surface area contributed by atoms with Crippen LogP contribution in [0.5, 0.6) is 0 Å². The summed E-state index contributed by atoms with van der Waals surface area (Å²) in [6.45, 7) is 3.11. The second kappa shape index (κ2) is 4.97. The lowest BCUT2D eigenvalue weighted by molar-refractivity contribution is 0.396. The van der Waals surface area contributed by atoms with Gasteiger partial charge in [0.2, 0.25) is 0 Å². The van der Waals surface area contributed by atoms with Crippen molar-refractivity contribution in [3.8, 4) is 0 Å². The van der Waals surface area contributed by atoms with Crippen LogP contribution in [0.1, 0.15) is 24.7 Å². The predicted molar refractivity (Wildman–Crippen MR) is 55.6 cm³/mol. The van der Waals surface area contributed by atoms with E-state index in [1.165, 1.54) is 12.1 Å². The van der Waals surface area contributed by atoms with Crippen LogP contribution < -0.4 is 0 Å². The molecule has 0 radical (unpaired) electrons.